The molecule has 2 saturated heterocycles. The van der Waals surface area contributed by atoms with Crippen molar-refractivity contribution in [2.24, 2.45) is 4.99 Å². The van der Waals surface area contributed by atoms with E-state index < -0.39 is 21.8 Å². The van der Waals surface area contributed by atoms with Crippen LogP contribution in [-0.2, 0) is 14.6 Å². The Hall–Kier alpha value is -1.27. The second-order valence-corrected chi connectivity index (χ2v) is 9.54. The zero-order valence-electron chi connectivity index (χ0n) is 12.1. The summed E-state index contributed by atoms with van der Waals surface area (Å²) in [6, 6.07) is 6.31. The van der Waals surface area contributed by atoms with Crippen molar-refractivity contribution in [2.45, 2.75) is 17.7 Å². The summed E-state index contributed by atoms with van der Waals surface area (Å²) in [4.78, 5) is 17.4. The number of nitriles is 1. The lowest BCUT2D eigenvalue weighted by Crippen LogP contribution is -2.38. The van der Waals surface area contributed by atoms with E-state index in [2.05, 4.69) is 4.99 Å². The maximum absolute atomic E-state index is 12.0. The third kappa shape index (κ3) is 3.26. The molecular formula is C14H11Cl2N3O3S2. The molecule has 0 bridgehead atoms. The Morgan fingerprint density at radius 3 is 2.67 bits per heavy atom. The molecule has 1 amide bonds. The maximum Gasteiger partial charge on any atom is 0.262 e. The summed E-state index contributed by atoms with van der Waals surface area (Å²) in [6.45, 7) is 0. The van der Waals surface area contributed by atoms with Gasteiger partial charge in [-0.05, 0) is 12.1 Å². The maximum atomic E-state index is 12.0. The first kappa shape index (κ1) is 17.5. The van der Waals surface area contributed by atoms with E-state index in [9.17, 15) is 13.2 Å². The largest absolute Gasteiger partial charge is 0.313 e. The van der Waals surface area contributed by atoms with Gasteiger partial charge in [-0.15, -0.1) is 0 Å². The molecule has 0 spiro atoms. The van der Waals surface area contributed by atoms with Crippen LogP contribution in [0.15, 0.2) is 23.2 Å². The number of benzene rings is 1. The molecule has 1 aromatic carbocycles. The van der Waals surface area contributed by atoms with Crippen molar-refractivity contribution < 1.29 is 13.2 Å². The standard InChI is InChI=1S/C14H11Cl2N3O3S2/c15-8-2-1-3-9(16)13(8)19-10-6-24(21,22)7-11(10)23-14(19)18-12(20)4-5-17/h1-3,10-11H,4,6-7H2/t10-,11-/m1/s1. The molecule has 2 atom stereocenters. The number of hydrogen-bond donors (Lipinski definition) is 0. The van der Waals surface area contributed by atoms with Gasteiger partial charge in [-0.2, -0.15) is 10.3 Å². The average Bonchev–Trinajstić information content (AvgIpc) is 2.92. The van der Waals surface area contributed by atoms with Crippen molar-refractivity contribution in [3.05, 3.63) is 28.2 Å². The number of carbonyl (C=O) groups excluding carboxylic acids is 1. The van der Waals surface area contributed by atoms with E-state index in [-0.39, 0.29) is 23.2 Å². The predicted octanol–water partition coefficient (Wildman–Crippen LogP) is 2.51. The van der Waals surface area contributed by atoms with Crippen molar-refractivity contribution >= 4 is 61.6 Å². The first-order valence-corrected chi connectivity index (χ1v) is 10.4. The van der Waals surface area contributed by atoms with Gasteiger partial charge >= 0.3 is 0 Å². The van der Waals surface area contributed by atoms with Crippen LogP contribution in [-0.4, -0.2) is 42.3 Å². The molecule has 126 valence electrons. The minimum atomic E-state index is -3.18. The Balaban J connectivity index is 2.09. The van der Waals surface area contributed by atoms with Crippen molar-refractivity contribution in [3.63, 3.8) is 0 Å². The molecule has 0 saturated carbocycles. The number of amides is 1. The highest BCUT2D eigenvalue weighted by Crippen LogP contribution is 2.45. The van der Waals surface area contributed by atoms with E-state index in [1.807, 2.05) is 0 Å². The van der Waals surface area contributed by atoms with E-state index in [1.54, 1.807) is 29.2 Å². The summed E-state index contributed by atoms with van der Waals surface area (Å²) >= 11 is 13.7. The third-order valence-electron chi connectivity index (χ3n) is 3.70. The van der Waals surface area contributed by atoms with E-state index in [0.717, 1.165) is 0 Å². The van der Waals surface area contributed by atoms with Crippen LogP contribution in [0, 0.1) is 11.3 Å². The fourth-order valence-corrected chi connectivity index (χ4v) is 7.26. The SMILES string of the molecule is N#CCC(=O)N=C1S[C@@H]2CS(=O)(=O)C[C@H]2N1c1c(Cl)cccc1Cl. The monoisotopic (exact) mass is 403 g/mol. The fourth-order valence-electron chi connectivity index (χ4n) is 2.76. The molecular weight excluding hydrogens is 393 g/mol. The van der Waals surface area contributed by atoms with Gasteiger partial charge in [-0.1, -0.05) is 41.0 Å². The van der Waals surface area contributed by atoms with Crippen LogP contribution in [0.2, 0.25) is 10.0 Å². The minimum Gasteiger partial charge on any atom is -0.313 e. The van der Waals surface area contributed by atoms with Crippen LogP contribution in [0.4, 0.5) is 5.69 Å². The molecule has 1 aromatic rings. The normalized spacial score (nSPS) is 26.4. The van der Waals surface area contributed by atoms with Gasteiger partial charge in [0.15, 0.2) is 15.0 Å². The summed E-state index contributed by atoms with van der Waals surface area (Å²) in [5.41, 5.74) is 0.432. The highest BCUT2D eigenvalue weighted by atomic mass is 35.5. The van der Waals surface area contributed by atoms with Gasteiger partial charge < -0.3 is 4.90 Å². The number of nitrogens with zero attached hydrogens (tertiary/aromatic N) is 3. The Labute approximate surface area is 153 Å². The van der Waals surface area contributed by atoms with E-state index in [1.165, 1.54) is 11.8 Å². The predicted molar refractivity (Wildman–Crippen MR) is 95.4 cm³/mol. The zero-order valence-corrected chi connectivity index (χ0v) is 15.3. The lowest BCUT2D eigenvalue weighted by molar-refractivity contribution is -0.116. The van der Waals surface area contributed by atoms with Gasteiger partial charge in [-0.25, -0.2) is 8.42 Å². The summed E-state index contributed by atoms with van der Waals surface area (Å²) in [5.74, 6) is -0.639. The highest BCUT2D eigenvalue weighted by molar-refractivity contribution is 8.16. The van der Waals surface area contributed by atoms with Crippen molar-refractivity contribution in [1.82, 2.24) is 0 Å². The number of thioether (sulfide) groups is 1. The third-order valence-corrected chi connectivity index (χ3v) is 7.52. The average molecular weight is 404 g/mol. The molecule has 0 aromatic heterocycles. The van der Waals surface area contributed by atoms with Gasteiger partial charge in [-0.3, -0.25) is 4.79 Å². The number of sulfone groups is 1. The van der Waals surface area contributed by atoms with Crippen LogP contribution in [0.1, 0.15) is 6.42 Å². The van der Waals surface area contributed by atoms with E-state index in [0.29, 0.717) is 20.9 Å². The van der Waals surface area contributed by atoms with Gasteiger partial charge in [0.1, 0.15) is 6.42 Å². The molecule has 3 rings (SSSR count). The van der Waals surface area contributed by atoms with Gasteiger partial charge in [0.05, 0.1) is 39.3 Å². The topological polar surface area (TPSA) is 90.6 Å². The molecule has 2 aliphatic heterocycles. The number of carbonyl (C=O) groups is 1. The molecule has 10 heteroatoms. The molecule has 2 fully saturated rings. The summed E-state index contributed by atoms with van der Waals surface area (Å²) in [5, 5.41) is 9.39. The van der Waals surface area contributed by atoms with Gasteiger partial charge in [0.2, 0.25) is 0 Å². The lowest BCUT2D eigenvalue weighted by Gasteiger charge is -2.26. The van der Waals surface area contributed by atoms with Crippen LogP contribution in [0.5, 0.6) is 0 Å². The summed E-state index contributed by atoms with van der Waals surface area (Å²) in [6.07, 6.45) is -0.345. The first-order valence-electron chi connectivity index (χ1n) is 6.91. The Morgan fingerprint density at radius 2 is 2.04 bits per heavy atom. The van der Waals surface area contributed by atoms with Crippen molar-refractivity contribution in [1.29, 1.82) is 5.26 Å². The summed E-state index contributed by atoms with van der Waals surface area (Å²) < 4.78 is 23.9. The molecule has 24 heavy (non-hydrogen) atoms. The second-order valence-electron chi connectivity index (χ2n) is 5.36. The minimum absolute atomic E-state index is 0.00631. The highest BCUT2D eigenvalue weighted by Gasteiger charge is 2.50. The Bertz CT molecular complexity index is 859. The number of anilines is 1. The number of amidine groups is 1. The fraction of sp³-hybridized carbons (Fsp3) is 0.357. The quantitative estimate of drug-likeness (QED) is 0.753. The smallest absolute Gasteiger partial charge is 0.262 e. The first-order chi connectivity index (χ1) is 11.3. The molecule has 0 unspecified atom stereocenters. The van der Waals surface area contributed by atoms with Crippen molar-refractivity contribution in [3.8, 4) is 6.07 Å². The van der Waals surface area contributed by atoms with E-state index in [4.69, 9.17) is 28.5 Å². The second kappa shape index (κ2) is 6.56. The zero-order chi connectivity index (χ0) is 17.5. The number of aliphatic imine (C=N–C) groups is 1. The van der Waals surface area contributed by atoms with E-state index >= 15 is 0 Å². The Morgan fingerprint density at radius 1 is 1.38 bits per heavy atom. The van der Waals surface area contributed by atoms with Gasteiger partial charge in [0.25, 0.3) is 5.91 Å². The molecule has 2 heterocycles. The molecule has 0 aliphatic carbocycles. The number of para-hydroxylation sites is 1. The Kier molecular flexibility index (Phi) is 4.80. The number of rotatable bonds is 2. The molecule has 2 aliphatic rings. The lowest BCUT2D eigenvalue weighted by atomic mass is 10.2. The molecule has 6 nitrogen and oxygen atoms in total. The van der Waals surface area contributed by atoms with Crippen LogP contribution >= 0.6 is 35.0 Å². The molecule has 0 radical (unpaired) electrons. The molecule has 0 N–H and O–H groups in total. The number of hydrogen-bond acceptors (Lipinski definition) is 5. The van der Waals surface area contributed by atoms with Crippen molar-refractivity contribution in [2.75, 3.05) is 16.4 Å². The van der Waals surface area contributed by atoms with Gasteiger partial charge in [0, 0.05) is 5.25 Å². The van der Waals surface area contributed by atoms with Crippen LogP contribution in [0.3, 0.4) is 0 Å². The number of fused-ring (bicyclic) bond motifs is 1. The van der Waals surface area contributed by atoms with Crippen LogP contribution < -0.4 is 4.90 Å². The summed E-state index contributed by atoms with van der Waals surface area (Å²) in [7, 11) is -3.18. The number of halogens is 2. The van der Waals surface area contributed by atoms with Crippen LogP contribution in [0.25, 0.3) is 0 Å².